The Balaban J connectivity index is 1.36. The number of amides is 1. The van der Waals surface area contributed by atoms with Gasteiger partial charge in [0.1, 0.15) is 24.1 Å². The predicted molar refractivity (Wildman–Crippen MR) is 110 cm³/mol. The fraction of sp³-hybridized carbons (Fsp3) is 0.524. The number of fused-ring (bicyclic) bond motifs is 1. The molecule has 4 heterocycles. The molecule has 0 aromatic carbocycles. The van der Waals surface area contributed by atoms with Gasteiger partial charge in [-0.15, -0.1) is 0 Å². The molecule has 5 rings (SSSR count). The zero-order chi connectivity index (χ0) is 22.4. The Labute approximate surface area is 182 Å². The van der Waals surface area contributed by atoms with E-state index in [2.05, 4.69) is 19.9 Å². The molecule has 0 radical (unpaired) electrons. The molecule has 0 bridgehead atoms. The molecule has 1 saturated carbocycles. The lowest BCUT2D eigenvalue weighted by Gasteiger charge is -2.17. The Kier molecular flexibility index (Phi) is 5.18. The largest absolute Gasteiger partial charge is 0.471 e. The summed E-state index contributed by atoms with van der Waals surface area (Å²) < 4.78 is 33.7. The number of halogens is 2. The zero-order valence-electron chi connectivity index (χ0n) is 17.8. The van der Waals surface area contributed by atoms with Crippen LogP contribution in [0.3, 0.4) is 0 Å². The maximum atomic E-state index is 12.8. The van der Waals surface area contributed by atoms with Gasteiger partial charge in [-0.1, -0.05) is 0 Å². The van der Waals surface area contributed by atoms with Gasteiger partial charge >= 0.3 is 0 Å². The summed E-state index contributed by atoms with van der Waals surface area (Å²) in [6.07, 6.45) is 3.02. The second-order valence-corrected chi connectivity index (χ2v) is 8.20. The number of nitrogens with zero attached hydrogens (tertiary/aromatic N) is 7. The van der Waals surface area contributed by atoms with Gasteiger partial charge in [-0.25, -0.2) is 28.7 Å². The van der Waals surface area contributed by atoms with Crippen molar-refractivity contribution in [3.05, 3.63) is 24.5 Å². The van der Waals surface area contributed by atoms with E-state index in [4.69, 9.17) is 9.72 Å². The molecule has 11 heteroatoms. The van der Waals surface area contributed by atoms with Crippen molar-refractivity contribution in [3.63, 3.8) is 0 Å². The first-order chi connectivity index (χ1) is 15.5. The van der Waals surface area contributed by atoms with Crippen molar-refractivity contribution in [1.29, 1.82) is 0 Å². The monoisotopic (exact) mass is 443 g/mol. The Bertz CT molecular complexity index is 1150. The fourth-order valence-corrected chi connectivity index (χ4v) is 4.22. The third kappa shape index (κ3) is 3.65. The highest BCUT2D eigenvalue weighted by Crippen LogP contribution is 2.44. The number of imidazole rings is 1. The molecule has 3 aromatic heterocycles. The highest BCUT2D eigenvalue weighted by molar-refractivity contribution is 5.82. The Hall–Kier alpha value is -3.24. The minimum atomic E-state index is -2.44. The first-order valence-electron chi connectivity index (χ1n) is 10.7. The average molecular weight is 443 g/mol. The summed E-state index contributed by atoms with van der Waals surface area (Å²) in [5.41, 5.74) is 1.92. The molecule has 9 nitrogen and oxygen atoms in total. The number of aromatic nitrogens is 6. The molecule has 2 fully saturated rings. The van der Waals surface area contributed by atoms with E-state index in [0.717, 1.165) is 5.56 Å². The van der Waals surface area contributed by atoms with Crippen LogP contribution < -0.4 is 4.74 Å². The number of alkyl halides is 2. The normalized spacial score (nSPS) is 22.7. The number of aryl methyl sites for hydroxylation is 2. The lowest BCUT2D eigenvalue weighted by molar-refractivity contribution is -0.132. The Morgan fingerprint density at radius 2 is 2.03 bits per heavy atom. The first-order valence-corrected chi connectivity index (χ1v) is 10.7. The van der Waals surface area contributed by atoms with Crippen LogP contribution in [-0.4, -0.2) is 65.9 Å². The quantitative estimate of drug-likeness (QED) is 0.577. The van der Waals surface area contributed by atoms with Crippen molar-refractivity contribution < 1.29 is 18.3 Å². The van der Waals surface area contributed by atoms with Gasteiger partial charge in [0, 0.05) is 43.7 Å². The SMILES string of the molecule is CCn1c(-c2cnc(C)nc2)nc2c(OC3CCN(C(=O)C4CC4C(F)F)C3)ncnc21. The summed E-state index contributed by atoms with van der Waals surface area (Å²) in [5.74, 6) is 0.120. The molecule has 168 valence electrons. The van der Waals surface area contributed by atoms with Crippen molar-refractivity contribution in [2.45, 2.75) is 45.8 Å². The molecule has 0 N–H and O–H groups in total. The van der Waals surface area contributed by atoms with Crippen LogP contribution in [-0.2, 0) is 11.3 Å². The number of carbonyl (C=O) groups excluding carboxylic acids is 1. The summed E-state index contributed by atoms with van der Waals surface area (Å²) in [6, 6.07) is 0. The van der Waals surface area contributed by atoms with Crippen LogP contribution in [0.15, 0.2) is 18.7 Å². The third-order valence-electron chi connectivity index (χ3n) is 6.07. The zero-order valence-corrected chi connectivity index (χ0v) is 17.8. The van der Waals surface area contributed by atoms with Crippen molar-refractivity contribution in [1.82, 2.24) is 34.4 Å². The molecule has 3 atom stereocenters. The second kappa shape index (κ2) is 8.03. The minimum absolute atomic E-state index is 0.203. The standard InChI is InChI=1S/C21H23F2N7O2/c1-3-30-18(12-7-24-11(2)25-8-12)28-16-19(30)26-10-27-20(16)32-13-4-5-29(9-13)21(31)15-6-14(15)17(22)23/h7-8,10,13-15,17H,3-6,9H2,1-2H3. The molecule has 1 aliphatic heterocycles. The van der Waals surface area contributed by atoms with E-state index < -0.39 is 18.3 Å². The van der Waals surface area contributed by atoms with Crippen LogP contribution in [0.25, 0.3) is 22.6 Å². The number of rotatable bonds is 6. The lowest BCUT2D eigenvalue weighted by atomic mass is 10.3. The topological polar surface area (TPSA) is 98.9 Å². The number of hydrogen-bond donors (Lipinski definition) is 0. The van der Waals surface area contributed by atoms with E-state index in [0.29, 0.717) is 54.7 Å². The maximum Gasteiger partial charge on any atom is 0.245 e. The van der Waals surface area contributed by atoms with Gasteiger partial charge < -0.3 is 14.2 Å². The molecule has 1 saturated heterocycles. The van der Waals surface area contributed by atoms with Crippen LogP contribution in [0.1, 0.15) is 25.6 Å². The fourth-order valence-electron chi connectivity index (χ4n) is 4.22. The summed E-state index contributed by atoms with van der Waals surface area (Å²) >= 11 is 0. The highest BCUT2D eigenvalue weighted by atomic mass is 19.3. The molecule has 1 aliphatic carbocycles. The van der Waals surface area contributed by atoms with E-state index in [1.807, 2.05) is 18.4 Å². The van der Waals surface area contributed by atoms with E-state index in [1.165, 1.54) is 6.33 Å². The van der Waals surface area contributed by atoms with Crippen molar-refractivity contribution >= 4 is 17.1 Å². The highest BCUT2D eigenvalue weighted by Gasteiger charge is 2.51. The van der Waals surface area contributed by atoms with Crippen LogP contribution >= 0.6 is 0 Å². The Morgan fingerprint density at radius 1 is 1.25 bits per heavy atom. The molecule has 0 spiro atoms. The van der Waals surface area contributed by atoms with Gasteiger partial charge in [0.05, 0.1) is 12.1 Å². The second-order valence-electron chi connectivity index (χ2n) is 8.20. The van der Waals surface area contributed by atoms with Crippen LogP contribution in [0.4, 0.5) is 8.78 Å². The molecule has 3 aromatic rings. The number of ether oxygens (including phenoxy) is 1. The smallest absolute Gasteiger partial charge is 0.245 e. The number of carbonyl (C=O) groups is 1. The molecular weight excluding hydrogens is 420 g/mol. The van der Waals surface area contributed by atoms with Gasteiger partial charge in [-0.2, -0.15) is 4.98 Å². The molecule has 32 heavy (non-hydrogen) atoms. The van der Waals surface area contributed by atoms with Gasteiger partial charge in [0.25, 0.3) is 0 Å². The lowest BCUT2D eigenvalue weighted by Crippen LogP contribution is -2.32. The van der Waals surface area contributed by atoms with Crippen molar-refractivity contribution in [2.75, 3.05) is 13.1 Å². The van der Waals surface area contributed by atoms with Gasteiger partial charge in [0.15, 0.2) is 11.2 Å². The van der Waals surface area contributed by atoms with Crippen molar-refractivity contribution in [2.24, 2.45) is 11.8 Å². The Morgan fingerprint density at radius 3 is 2.72 bits per heavy atom. The summed E-state index contributed by atoms with van der Waals surface area (Å²) in [4.78, 5) is 36.0. The van der Waals surface area contributed by atoms with Crippen molar-refractivity contribution in [3.8, 4) is 17.3 Å². The van der Waals surface area contributed by atoms with Crippen LogP contribution in [0.2, 0.25) is 0 Å². The maximum absolute atomic E-state index is 12.8. The summed E-state index contributed by atoms with van der Waals surface area (Å²) in [5, 5.41) is 0. The summed E-state index contributed by atoms with van der Waals surface area (Å²) in [6.45, 7) is 5.28. The molecule has 1 amide bonds. The summed E-state index contributed by atoms with van der Waals surface area (Å²) in [7, 11) is 0. The first kappa shape index (κ1) is 20.7. The predicted octanol–water partition coefficient (Wildman–Crippen LogP) is 2.49. The molecular formula is C21H23F2N7O2. The van der Waals surface area contributed by atoms with Gasteiger partial charge in [-0.05, 0) is 20.3 Å². The van der Waals surface area contributed by atoms with Gasteiger partial charge in [-0.3, -0.25) is 4.79 Å². The molecule has 2 aliphatic rings. The van der Waals surface area contributed by atoms with Crippen LogP contribution in [0, 0.1) is 18.8 Å². The average Bonchev–Trinajstić information content (AvgIpc) is 3.31. The third-order valence-corrected chi connectivity index (χ3v) is 6.07. The molecule has 3 unspecified atom stereocenters. The van der Waals surface area contributed by atoms with Gasteiger partial charge in [0.2, 0.25) is 18.2 Å². The van der Waals surface area contributed by atoms with E-state index in [9.17, 15) is 13.6 Å². The number of hydrogen-bond acceptors (Lipinski definition) is 7. The van der Waals surface area contributed by atoms with E-state index in [1.54, 1.807) is 17.3 Å². The minimum Gasteiger partial charge on any atom is -0.471 e. The van der Waals surface area contributed by atoms with Crippen LogP contribution in [0.5, 0.6) is 5.88 Å². The number of likely N-dealkylation sites (tertiary alicyclic amines) is 1. The van der Waals surface area contributed by atoms with E-state index in [-0.39, 0.29) is 18.4 Å². The van der Waals surface area contributed by atoms with E-state index >= 15 is 0 Å².